The van der Waals surface area contributed by atoms with Crippen LogP contribution in [-0.4, -0.2) is 52.1 Å². The van der Waals surface area contributed by atoms with Crippen LogP contribution in [0.3, 0.4) is 0 Å². The monoisotopic (exact) mass is 569 g/mol. The van der Waals surface area contributed by atoms with E-state index in [9.17, 15) is 4.79 Å². The first-order valence-corrected chi connectivity index (χ1v) is 12.4. The van der Waals surface area contributed by atoms with Gasteiger partial charge in [-0.3, -0.25) is 5.10 Å². The molecule has 2 heterocycles. The van der Waals surface area contributed by atoms with Gasteiger partial charge >= 0.3 is 6.09 Å². The lowest BCUT2D eigenvalue weighted by atomic mass is 10.1. The Morgan fingerprint density at radius 3 is 2.57 bits per heavy atom. The molecule has 11 nitrogen and oxygen atoms in total. The van der Waals surface area contributed by atoms with Gasteiger partial charge < -0.3 is 24.8 Å². The number of H-pyrrole nitrogens is 1. The summed E-state index contributed by atoms with van der Waals surface area (Å²) in [5.41, 5.74) is 0.889. The van der Waals surface area contributed by atoms with Crippen molar-refractivity contribution in [2.75, 3.05) is 25.6 Å². The zero-order valence-electron chi connectivity index (χ0n) is 21.0. The summed E-state index contributed by atoms with van der Waals surface area (Å²) in [6.07, 6.45) is 4.28. The first kappa shape index (κ1) is 26.2. The lowest BCUT2D eigenvalue weighted by Gasteiger charge is -2.22. The molecule has 3 aromatic rings. The highest BCUT2D eigenvalue weighted by Gasteiger charge is 2.44. The molecule has 0 saturated heterocycles. The van der Waals surface area contributed by atoms with E-state index in [0.29, 0.717) is 47.5 Å². The number of rotatable bonds is 9. The molecule has 1 aromatic carbocycles. The lowest BCUT2D eigenvalue weighted by molar-refractivity contribution is 0.0509. The Morgan fingerprint density at radius 1 is 1.19 bits per heavy atom. The van der Waals surface area contributed by atoms with E-state index in [1.807, 2.05) is 39.0 Å². The Hall–Kier alpha value is -3.85. The highest BCUT2D eigenvalue weighted by molar-refractivity contribution is 9.10. The van der Waals surface area contributed by atoms with Gasteiger partial charge in [0.15, 0.2) is 11.5 Å². The van der Waals surface area contributed by atoms with Crippen LogP contribution in [-0.2, 0) is 4.74 Å². The molecule has 0 spiro atoms. The number of amides is 1. The summed E-state index contributed by atoms with van der Waals surface area (Å²) in [6.45, 7) is 6.37. The Morgan fingerprint density at radius 2 is 1.95 bits per heavy atom. The van der Waals surface area contributed by atoms with Crippen molar-refractivity contribution in [3.8, 4) is 28.8 Å². The number of carbonyl (C=O) groups excluding carboxylic acids is 1. The number of aromatic nitrogens is 4. The van der Waals surface area contributed by atoms with E-state index in [4.69, 9.17) is 19.5 Å². The van der Waals surface area contributed by atoms with Crippen LogP contribution in [0.5, 0.6) is 11.5 Å². The van der Waals surface area contributed by atoms with Crippen molar-refractivity contribution in [2.45, 2.75) is 39.2 Å². The van der Waals surface area contributed by atoms with Crippen molar-refractivity contribution in [1.29, 1.82) is 5.26 Å². The second-order valence-electron chi connectivity index (χ2n) is 9.82. The third kappa shape index (κ3) is 6.89. The number of nitrogens with zero attached hydrogens (tertiary/aromatic N) is 4. The maximum Gasteiger partial charge on any atom is 0.407 e. The third-order valence-corrected chi connectivity index (χ3v) is 6.08. The predicted molar refractivity (Wildman–Crippen MR) is 140 cm³/mol. The smallest absolute Gasteiger partial charge is 0.407 e. The molecule has 0 radical (unpaired) electrons. The van der Waals surface area contributed by atoms with Gasteiger partial charge in [0.25, 0.3) is 0 Å². The molecule has 37 heavy (non-hydrogen) atoms. The number of nitriles is 1. The second-order valence-corrected chi connectivity index (χ2v) is 10.7. The Kier molecular flexibility index (Phi) is 7.54. The van der Waals surface area contributed by atoms with E-state index < -0.39 is 11.7 Å². The van der Waals surface area contributed by atoms with E-state index in [1.54, 1.807) is 13.2 Å². The van der Waals surface area contributed by atoms with Crippen LogP contribution in [0, 0.1) is 16.7 Å². The minimum absolute atomic E-state index is 0.154. The average Bonchev–Trinajstić information content (AvgIpc) is 3.49. The van der Waals surface area contributed by atoms with E-state index in [0.717, 1.165) is 17.3 Å². The van der Waals surface area contributed by atoms with Crippen LogP contribution in [0.15, 0.2) is 35.1 Å². The van der Waals surface area contributed by atoms with Crippen molar-refractivity contribution in [3.63, 3.8) is 0 Å². The summed E-state index contributed by atoms with van der Waals surface area (Å²) in [5, 5.41) is 22.1. The first-order valence-electron chi connectivity index (χ1n) is 11.6. The number of halogens is 1. The van der Waals surface area contributed by atoms with Crippen molar-refractivity contribution in [2.24, 2.45) is 5.41 Å². The van der Waals surface area contributed by atoms with E-state index in [-0.39, 0.29) is 11.1 Å². The van der Waals surface area contributed by atoms with Gasteiger partial charge in [-0.05, 0) is 45.7 Å². The number of hydrogen-bond donors (Lipinski definition) is 3. The molecule has 0 atom stereocenters. The van der Waals surface area contributed by atoms with Crippen molar-refractivity contribution >= 4 is 33.7 Å². The predicted octanol–water partition coefficient (Wildman–Crippen LogP) is 4.94. The SMILES string of the molecule is COc1cc(Br)cc(OCC2(CNC(=O)OC(C)(C)C)CC2)c1-c1cc(Nc2cnc(C#N)cn2)n[nH]1. The molecule has 1 aliphatic rings. The normalized spacial score (nSPS) is 13.8. The van der Waals surface area contributed by atoms with E-state index in [1.165, 1.54) is 12.4 Å². The third-order valence-electron chi connectivity index (χ3n) is 5.62. The fourth-order valence-corrected chi connectivity index (χ4v) is 3.96. The van der Waals surface area contributed by atoms with Crippen LogP contribution < -0.4 is 20.1 Å². The number of benzene rings is 1. The van der Waals surface area contributed by atoms with Crippen molar-refractivity contribution in [3.05, 3.63) is 40.8 Å². The zero-order valence-corrected chi connectivity index (χ0v) is 22.6. The van der Waals surface area contributed by atoms with Crippen molar-refractivity contribution < 1.29 is 19.0 Å². The van der Waals surface area contributed by atoms with Crippen molar-refractivity contribution in [1.82, 2.24) is 25.5 Å². The molecule has 4 rings (SSSR count). The van der Waals surface area contributed by atoms with Crippen LogP contribution in [0.25, 0.3) is 11.3 Å². The number of anilines is 2. The van der Waals surface area contributed by atoms with Crippen LogP contribution in [0.4, 0.5) is 16.4 Å². The molecule has 2 aromatic heterocycles. The van der Waals surface area contributed by atoms with E-state index in [2.05, 4.69) is 46.7 Å². The fraction of sp³-hybridized carbons (Fsp3) is 0.400. The fourth-order valence-electron chi connectivity index (χ4n) is 3.55. The quantitative estimate of drug-likeness (QED) is 0.326. The number of alkyl carbamates (subject to hydrolysis) is 1. The lowest BCUT2D eigenvalue weighted by Crippen LogP contribution is -2.37. The Labute approximate surface area is 223 Å². The molecular formula is C25H28BrN7O4. The first-order chi connectivity index (χ1) is 17.6. The van der Waals surface area contributed by atoms with Gasteiger partial charge in [-0.2, -0.15) is 10.4 Å². The van der Waals surface area contributed by atoms with Gasteiger partial charge in [-0.25, -0.2) is 14.8 Å². The molecule has 0 unspecified atom stereocenters. The van der Waals surface area contributed by atoms with Gasteiger partial charge in [0.1, 0.15) is 29.0 Å². The summed E-state index contributed by atoms with van der Waals surface area (Å²) in [7, 11) is 1.59. The number of carbonyl (C=O) groups is 1. The minimum Gasteiger partial charge on any atom is -0.496 e. The van der Waals surface area contributed by atoms with Crippen LogP contribution >= 0.6 is 15.9 Å². The Balaban J connectivity index is 1.49. The molecule has 1 fully saturated rings. The molecular weight excluding hydrogens is 542 g/mol. The molecule has 0 bridgehead atoms. The maximum atomic E-state index is 12.1. The molecule has 194 valence electrons. The number of methoxy groups -OCH3 is 1. The number of ether oxygens (including phenoxy) is 3. The topological polar surface area (TPSA) is 147 Å². The molecule has 0 aliphatic heterocycles. The zero-order chi connectivity index (χ0) is 26.6. The second kappa shape index (κ2) is 10.6. The average molecular weight is 570 g/mol. The summed E-state index contributed by atoms with van der Waals surface area (Å²) in [5.74, 6) is 2.15. The number of nitrogens with one attached hydrogen (secondary N) is 3. The highest BCUT2D eigenvalue weighted by atomic mass is 79.9. The summed E-state index contributed by atoms with van der Waals surface area (Å²) < 4.78 is 18.1. The van der Waals surface area contributed by atoms with Gasteiger partial charge in [0, 0.05) is 22.5 Å². The number of hydrogen-bond acceptors (Lipinski definition) is 9. The summed E-state index contributed by atoms with van der Waals surface area (Å²) in [4.78, 5) is 20.3. The van der Waals surface area contributed by atoms with Gasteiger partial charge in [0.05, 0.1) is 37.4 Å². The largest absolute Gasteiger partial charge is 0.496 e. The summed E-state index contributed by atoms with van der Waals surface area (Å²) in [6, 6.07) is 7.45. The maximum absolute atomic E-state index is 12.1. The highest BCUT2D eigenvalue weighted by Crippen LogP contribution is 2.47. The van der Waals surface area contributed by atoms with Crippen LogP contribution in [0.2, 0.25) is 0 Å². The Bertz CT molecular complexity index is 1310. The number of aromatic amines is 1. The molecule has 1 saturated carbocycles. The van der Waals surface area contributed by atoms with Gasteiger partial charge in [-0.15, -0.1) is 0 Å². The van der Waals surface area contributed by atoms with Crippen LogP contribution in [0.1, 0.15) is 39.3 Å². The van der Waals surface area contributed by atoms with Gasteiger partial charge in [0.2, 0.25) is 0 Å². The van der Waals surface area contributed by atoms with Gasteiger partial charge in [-0.1, -0.05) is 15.9 Å². The standard InChI is InChI=1S/C25H28BrN7O4/c1-24(2,3)37-23(34)30-13-25(5-6-25)14-36-19-8-15(26)7-18(35-4)22(19)17-9-20(33-32-17)31-21-12-28-16(10-27)11-29-21/h7-9,11-12H,5-6,13-14H2,1-4H3,(H,30,34)(H2,29,31,32,33). The molecule has 1 amide bonds. The minimum atomic E-state index is -0.552. The molecule has 12 heteroatoms. The van der Waals surface area contributed by atoms with E-state index >= 15 is 0 Å². The molecule has 1 aliphatic carbocycles. The molecule has 3 N–H and O–H groups in total. The summed E-state index contributed by atoms with van der Waals surface area (Å²) >= 11 is 3.53.